The number of alkyl halides is 2. The Balaban J connectivity index is 2.43. The Labute approximate surface area is 102 Å². The number of aromatic nitrogens is 1. The van der Waals surface area contributed by atoms with Gasteiger partial charge >= 0.3 is 0 Å². The van der Waals surface area contributed by atoms with Gasteiger partial charge in [0.2, 0.25) is 0 Å². The second-order valence-corrected chi connectivity index (χ2v) is 3.41. The lowest BCUT2D eigenvalue weighted by Crippen LogP contribution is -2.16. The zero-order chi connectivity index (χ0) is 13.5. The number of pyridine rings is 1. The van der Waals surface area contributed by atoms with Gasteiger partial charge in [0.1, 0.15) is 12.4 Å². The molecule has 100 valence electrons. The quantitative estimate of drug-likeness (QED) is 0.618. The van der Waals surface area contributed by atoms with Gasteiger partial charge in [-0.15, -0.1) is 0 Å². The molecule has 0 radical (unpaired) electrons. The second-order valence-electron chi connectivity index (χ2n) is 3.41. The van der Waals surface area contributed by atoms with Crippen molar-refractivity contribution in [1.82, 2.24) is 4.98 Å². The first-order chi connectivity index (χ1) is 8.50. The molecule has 0 aromatic carbocycles. The van der Waals surface area contributed by atoms with Crippen molar-refractivity contribution >= 4 is 17.4 Å². The summed E-state index contributed by atoms with van der Waals surface area (Å²) in [6, 6.07) is 1.39. The van der Waals surface area contributed by atoms with Crippen molar-refractivity contribution in [3.8, 4) is 0 Å². The number of hydrogen-bond donors (Lipinski definition) is 3. The fraction of sp³-hybridized carbons (Fsp3) is 0.400. The fourth-order valence-electron chi connectivity index (χ4n) is 1.20. The van der Waals surface area contributed by atoms with Crippen LogP contribution < -0.4 is 16.8 Å². The second kappa shape index (κ2) is 6.70. The van der Waals surface area contributed by atoms with Crippen LogP contribution in [-0.4, -0.2) is 37.1 Å². The lowest BCUT2D eigenvalue weighted by atomic mass is 10.2. The van der Waals surface area contributed by atoms with Crippen LogP contribution in [0.4, 0.5) is 20.3 Å². The Morgan fingerprint density at radius 3 is 2.89 bits per heavy atom. The van der Waals surface area contributed by atoms with E-state index in [0.29, 0.717) is 5.82 Å². The summed E-state index contributed by atoms with van der Waals surface area (Å²) in [4.78, 5) is 14.9. The zero-order valence-electron chi connectivity index (χ0n) is 9.53. The smallest absolute Gasteiger partial charge is 0.261 e. The van der Waals surface area contributed by atoms with E-state index in [0.717, 1.165) is 0 Å². The molecule has 0 unspecified atom stereocenters. The maximum absolute atomic E-state index is 11.7. The van der Waals surface area contributed by atoms with Gasteiger partial charge in [0, 0.05) is 6.54 Å². The highest BCUT2D eigenvalue weighted by Crippen LogP contribution is 2.13. The molecule has 5 N–H and O–H groups in total. The van der Waals surface area contributed by atoms with Gasteiger partial charge in [-0.05, 0) is 6.07 Å². The third-order valence-corrected chi connectivity index (χ3v) is 2.00. The number of halogens is 2. The summed E-state index contributed by atoms with van der Waals surface area (Å²) in [5.74, 6) is -0.287. The Morgan fingerprint density at radius 1 is 1.56 bits per heavy atom. The van der Waals surface area contributed by atoms with Crippen LogP contribution in [-0.2, 0) is 4.74 Å². The molecule has 0 aliphatic carbocycles. The Hall–Kier alpha value is -1.96. The van der Waals surface area contributed by atoms with Crippen molar-refractivity contribution < 1.29 is 18.3 Å². The van der Waals surface area contributed by atoms with Gasteiger partial charge < -0.3 is 21.5 Å². The molecule has 6 nitrogen and oxygen atoms in total. The average Bonchev–Trinajstić information content (AvgIpc) is 2.30. The van der Waals surface area contributed by atoms with Crippen LogP contribution in [0.3, 0.4) is 0 Å². The third kappa shape index (κ3) is 4.50. The number of rotatable bonds is 7. The van der Waals surface area contributed by atoms with E-state index < -0.39 is 18.9 Å². The van der Waals surface area contributed by atoms with E-state index >= 15 is 0 Å². The number of nitrogens with one attached hydrogen (secondary N) is 1. The molecule has 1 amide bonds. The van der Waals surface area contributed by atoms with Gasteiger partial charge in [0.05, 0.1) is 24.1 Å². The topological polar surface area (TPSA) is 103 Å². The van der Waals surface area contributed by atoms with E-state index in [-0.39, 0.29) is 24.4 Å². The molecule has 0 saturated heterocycles. The SMILES string of the molecule is NC(=O)c1cc(NCCOCC(F)F)ncc1N. The minimum atomic E-state index is -2.49. The van der Waals surface area contributed by atoms with Gasteiger partial charge in [0.25, 0.3) is 12.3 Å². The summed E-state index contributed by atoms with van der Waals surface area (Å²) in [7, 11) is 0. The first-order valence-electron chi connectivity index (χ1n) is 5.15. The van der Waals surface area contributed by atoms with Gasteiger partial charge in [-0.3, -0.25) is 4.79 Å². The van der Waals surface area contributed by atoms with Crippen molar-refractivity contribution in [2.45, 2.75) is 6.43 Å². The molecule has 0 aliphatic heterocycles. The minimum Gasteiger partial charge on any atom is -0.397 e. The summed E-state index contributed by atoms with van der Waals surface area (Å²) in [5.41, 5.74) is 10.9. The van der Waals surface area contributed by atoms with E-state index in [4.69, 9.17) is 11.5 Å². The minimum absolute atomic E-state index is 0.0995. The number of amides is 1. The van der Waals surface area contributed by atoms with Gasteiger partial charge in [-0.1, -0.05) is 0 Å². The zero-order valence-corrected chi connectivity index (χ0v) is 9.53. The molecule has 8 heteroatoms. The summed E-state index contributed by atoms with van der Waals surface area (Å²) in [6.07, 6.45) is -1.19. The molecule has 1 heterocycles. The van der Waals surface area contributed by atoms with Crippen LogP contribution in [0.1, 0.15) is 10.4 Å². The number of hydrogen-bond acceptors (Lipinski definition) is 5. The number of carbonyl (C=O) groups is 1. The standard InChI is InChI=1S/C10H14F2N4O2/c11-8(12)5-18-2-1-15-9-3-6(10(14)17)7(13)4-16-9/h3-4,8H,1-2,5,13H2,(H2,14,17)(H,15,16). The van der Waals surface area contributed by atoms with Crippen molar-refractivity contribution in [2.24, 2.45) is 5.73 Å². The normalized spacial score (nSPS) is 10.6. The number of nitrogens with zero attached hydrogens (tertiary/aromatic N) is 1. The van der Waals surface area contributed by atoms with E-state index in [1.54, 1.807) is 0 Å². The molecule has 1 aromatic heterocycles. The van der Waals surface area contributed by atoms with Crippen LogP contribution in [0.15, 0.2) is 12.3 Å². The van der Waals surface area contributed by atoms with Crippen LogP contribution in [0, 0.1) is 0 Å². The van der Waals surface area contributed by atoms with Crippen molar-refractivity contribution in [2.75, 3.05) is 30.8 Å². The molecular weight excluding hydrogens is 246 g/mol. The highest BCUT2D eigenvalue weighted by atomic mass is 19.3. The molecule has 0 atom stereocenters. The number of nitrogen functional groups attached to an aromatic ring is 1. The maximum atomic E-state index is 11.7. The lowest BCUT2D eigenvalue weighted by Gasteiger charge is -2.08. The Morgan fingerprint density at radius 2 is 2.28 bits per heavy atom. The summed E-state index contributed by atoms with van der Waals surface area (Å²) < 4.78 is 28.2. The Kier molecular flexibility index (Phi) is 5.25. The average molecular weight is 260 g/mol. The van der Waals surface area contributed by atoms with Crippen LogP contribution in [0.2, 0.25) is 0 Å². The van der Waals surface area contributed by atoms with Crippen LogP contribution in [0.25, 0.3) is 0 Å². The first kappa shape index (κ1) is 14.1. The van der Waals surface area contributed by atoms with Gasteiger partial charge in [-0.2, -0.15) is 0 Å². The monoisotopic (exact) mass is 260 g/mol. The molecule has 0 spiro atoms. The molecule has 1 rings (SSSR count). The van der Waals surface area contributed by atoms with Crippen LogP contribution >= 0.6 is 0 Å². The number of primary amides is 1. The van der Waals surface area contributed by atoms with Crippen molar-refractivity contribution in [3.63, 3.8) is 0 Å². The number of nitrogens with two attached hydrogens (primary N) is 2. The predicted molar refractivity (Wildman–Crippen MR) is 62.5 cm³/mol. The van der Waals surface area contributed by atoms with Crippen molar-refractivity contribution in [3.05, 3.63) is 17.8 Å². The first-order valence-corrected chi connectivity index (χ1v) is 5.15. The largest absolute Gasteiger partial charge is 0.397 e. The summed E-state index contributed by atoms with van der Waals surface area (Å²) in [6.45, 7) is -0.229. The maximum Gasteiger partial charge on any atom is 0.261 e. The predicted octanol–water partition coefficient (Wildman–Crippen LogP) is 0.456. The highest BCUT2D eigenvalue weighted by Gasteiger charge is 2.07. The van der Waals surface area contributed by atoms with E-state index in [2.05, 4.69) is 15.0 Å². The van der Waals surface area contributed by atoms with Gasteiger partial charge in [-0.25, -0.2) is 13.8 Å². The summed E-state index contributed by atoms with van der Waals surface area (Å²) in [5, 5.41) is 2.80. The number of carbonyl (C=O) groups excluding carboxylic acids is 1. The van der Waals surface area contributed by atoms with Crippen molar-refractivity contribution in [1.29, 1.82) is 0 Å². The van der Waals surface area contributed by atoms with E-state index in [1.807, 2.05) is 0 Å². The lowest BCUT2D eigenvalue weighted by molar-refractivity contribution is 0.0215. The van der Waals surface area contributed by atoms with E-state index in [1.165, 1.54) is 12.3 Å². The fourth-order valence-corrected chi connectivity index (χ4v) is 1.20. The molecule has 0 bridgehead atoms. The third-order valence-electron chi connectivity index (χ3n) is 2.00. The molecule has 0 aliphatic rings. The molecular formula is C10H14F2N4O2. The highest BCUT2D eigenvalue weighted by molar-refractivity contribution is 5.98. The van der Waals surface area contributed by atoms with E-state index in [9.17, 15) is 13.6 Å². The number of ether oxygens (including phenoxy) is 1. The molecule has 0 saturated carbocycles. The molecule has 18 heavy (non-hydrogen) atoms. The molecule has 1 aromatic rings. The Bertz CT molecular complexity index is 415. The molecule has 0 fully saturated rings. The number of anilines is 2. The van der Waals surface area contributed by atoms with Gasteiger partial charge in [0.15, 0.2) is 0 Å². The van der Waals surface area contributed by atoms with Crippen LogP contribution in [0.5, 0.6) is 0 Å². The summed E-state index contributed by atoms with van der Waals surface area (Å²) >= 11 is 0.